The normalized spacial score (nSPS) is 35.4. The van der Waals surface area contributed by atoms with E-state index < -0.39 is 12.2 Å². The van der Waals surface area contributed by atoms with Crippen molar-refractivity contribution in [3.05, 3.63) is 0 Å². The quantitative estimate of drug-likeness (QED) is 0.598. The molecule has 2 amide bonds. The predicted octanol–water partition coefficient (Wildman–Crippen LogP) is 1.02. The number of amides is 2. The van der Waals surface area contributed by atoms with Crippen LogP contribution in [0.5, 0.6) is 0 Å². The molecule has 1 aliphatic heterocycles. The summed E-state index contributed by atoms with van der Waals surface area (Å²) in [6.07, 6.45) is 4.41. The minimum atomic E-state index is -1.12. The van der Waals surface area contributed by atoms with Gasteiger partial charge in [0.1, 0.15) is 12.2 Å². The smallest absolute Gasteiger partial charge is 0.237 e. The van der Waals surface area contributed by atoms with Gasteiger partial charge in [-0.2, -0.15) is 5.26 Å². The van der Waals surface area contributed by atoms with Crippen molar-refractivity contribution in [2.45, 2.75) is 82.1 Å². The van der Waals surface area contributed by atoms with Crippen LogP contribution in [-0.2, 0) is 9.59 Å². The molecule has 3 atom stereocenters. The Morgan fingerprint density at radius 1 is 1.29 bits per heavy atom. The van der Waals surface area contributed by atoms with E-state index >= 15 is 0 Å². The van der Waals surface area contributed by atoms with Gasteiger partial charge in [-0.05, 0) is 44.9 Å². The maximum Gasteiger partial charge on any atom is 0.237 e. The Kier molecular flexibility index (Phi) is 6.25. The molecule has 8 heteroatoms. The third kappa shape index (κ3) is 4.01. The first-order chi connectivity index (χ1) is 13.4. The van der Waals surface area contributed by atoms with Crippen LogP contribution >= 0.6 is 0 Å². The van der Waals surface area contributed by atoms with E-state index in [-0.39, 0.29) is 54.9 Å². The molecule has 4 aliphatic rings. The van der Waals surface area contributed by atoms with Crippen molar-refractivity contribution in [1.29, 1.82) is 5.26 Å². The summed E-state index contributed by atoms with van der Waals surface area (Å²) >= 11 is 0. The Labute approximate surface area is 165 Å². The summed E-state index contributed by atoms with van der Waals surface area (Å²) in [5.41, 5.74) is -0.520. The molecule has 7 nitrogen and oxygen atoms in total. The monoisotopic (exact) mass is 394 g/mol. The van der Waals surface area contributed by atoms with Gasteiger partial charge < -0.3 is 20.6 Å². The Bertz CT molecular complexity index is 621. The highest BCUT2D eigenvalue weighted by atomic mass is 19.1. The zero-order chi connectivity index (χ0) is 20.4. The lowest BCUT2D eigenvalue weighted by Crippen LogP contribution is -2.60. The number of aliphatic hydroxyl groups is 1. The first kappa shape index (κ1) is 21.0. The van der Waals surface area contributed by atoms with E-state index in [1.807, 2.05) is 13.0 Å². The van der Waals surface area contributed by atoms with E-state index in [0.29, 0.717) is 6.42 Å². The lowest BCUT2D eigenvalue weighted by molar-refractivity contribution is -0.140. The number of nitriles is 1. The molecule has 156 valence electrons. The fraction of sp³-hybridized carbons (Fsp3) is 0.850. The second-order valence-electron chi connectivity index (χ2n) is 8.70. The van der Waals surface area contributed by atoms with Gasteiger partial charge in [-0.1, -0.05) is 6.92 Å². The van der Waals surface area contributed by atoms with Crippen molar-refractivity contribution in [3.63, 3.8) is 0 Å². The number of nitrogens with zero attached hydrogens (tertiary/aromatic N) is 2. The zero-order valence-electron chi connectivity index (χ0n) is 16.5. The molecule has 4 fully saturated rings. The second-order valence-corrected chi connectivity index (χ2v) is 8.70. The molecule has 3 saturated carbocycles. The summed E-state index contributed by atoms with van der Waals surface area (Å²) in [6, 6.07) is 1.14. The average molecular weight is 394 g/mol. The second kappa shape index (κ2) is 8.34. The Balaban J connectivity index is 1.53. The Morgan fingerprint density at radius 3 is 2.46 bits per heavy atom. The first-order valence-electron chi connectivity index (χ1n) is 10.4. The molecule has 2 bridgehead atoms. The standard InChI is InChI=1S/C20H31FN4O3/c1-2-15(13-26)24-18(28)19-3-6-20(7-4-19,8-5-19)23-11-17(27)25-12-14(21)9-16(25)10-22/h14-16,23,26H,2-9,11-13H2,1H3,(H,24,28)/t14-,15?,16-,19?,20?/m0/s1. The number of hydrogen-bond donors (Lipinski definition) is 3. The number of aliphatic hydroxyl groups excluding tert-OH is 1. The van der Waals surface area contributed by atoms with Gasteiger partial charge in [0, 0.05) is 17.4 Å². The Hall–Kier alpha value is -1.72. The van der Waals surface area contributed by atoms with Crippen molar-refractivity contribution >= 4 is 11.8 Å². The number of hydrogen-bond acceptors (Lipinski definition) is 5. The predicted molar refractivity (Wildman–Crippen MR) is 101 cm³/mol. The van der Waals surface area contributed by atoms with Crippen LogP contribution in [-0.4, -0.2) is 65.3 Å². The number of alkyl halides is 1. The summed E-state index contributed by atoms with van der Waals surface area (Å²) in [4.78, 5) is 26.6. The van der Waals surface area contributed by atoms with Crippen LogP contribution in [0.1, 0.15) is 58.3 Å². The van der Waals surface area contributed by atoms with Crippen molar-refractivity contribution in [2.75, 3.05) is 19.7 Å². The third-order valence-corrected chi connectivity index (χ3v) is 7.11. The minimum absolute atomic E-state index is 0.00151. The fourth-order valence-electron chi connectivity index (χ4n) is 4.95. The maximum atomic E-state index is 13.6. The van der Waals surface area contributed by atoms with Crippen LogP contribution in [0.4, 0.5) is 4.39 Å². The highest BCUT2D eigenvalue weighted by Gasteiger charge is 2.52. The van der Waals surface area contributed by atoms with E-state index in [1.165, 1.54) is 4.90 Å². The number of rotatable bonds is 7. The van der Waals surface area contributed by atoms with Crippen molar-refractivity contribution in [1.82, 2.24) is 15.5 Å². The molecular weight excluding hydrogens is 363 g/mol. The molecule has 28 heavy (non-hydrogen) atoms. The van der Waals surface area contributed by atoms with Crippen LogP contribution in [0.15, 0.2) is 0 Å². The molecule has 0 aromatic carbocycles. The van der Waals surface area contributed by atoms with Crippen LogP contribution in [0.25, 0.3) is 0 Å². The van der Waals surface area contributed by atoms with Gasteiger partial charge >= 0.3 is 0 Å². The molecule has 0 aromatic heterocycles. The summed E-state index contributed by atoms with van der Waals surface area (Å²) in [7, 11) is 0. The number of carbonyl (C=O) groups excluding carboxylic acids is 2. The van der Waals surface area contributed by atoms with Gasteiger partial charge in [-0.3, -0.25) is 9.59 Å². The number of halogens is 1. The lowest BCUT2D eigenvalue weighted by atomic mass is 9.57. The van der Waals surface area contributed by atoms with Crippen molar-refractivity contribution in [3.8, 4) is 6.07 Å². The molecule has 1 unspecified atom stereocenters. The molecular formula is C20H31FN4O3. The van der Waals surface area contributed by atoms with E-state index in [4.69, 9.17) is 5.26 Å². The highest BCUT2D eigenvalue weighted by molar-refractivity contribution is 5.83. The van der Waals surface area contributed by atoms with E-state index in [9.17, 15) is 19.1 Å². The van der Waals surface area contributed by atoms with E-state index in [0.717, 1.165) is 38.5 Å². The summed E-state index contributed by atoms with van der Waals surface area (Å²) in [6.45, 7) is 1.99. The first-order valence-corrected chi connectivity index (χ1v) is 10.4. The van der Waals surface area contributed by atoms with Gasteiger partial charge in [-0.15, -0.1) is 0 Å². The van der Waals surface area contributed by atoms with Crippen LogP contribution < -0.4 is 10.6 Å². The Morgan fingerprint density at radius 2 is 1.93 bits per heavy atom. The molecule has 3 N–H and O–H groups in total. The molecule has 0 radical (unpaired) electrons. The largest absolute Gasteiger partial charge is 0.394 e. The van der Waals surface area contributed by atoms with Gasteiger partial charge in [0.15, 0.2) is 0 Å². The number of fused-ring (bicyclic) bond motifs is 3. The average Bonchev–Trinajstić information content (AvgIpc) is 3.12. The third-order valence-electron chi connectivity index (χ3n) is 7.11. The number of carbonyl (C=O) groups is 2. The van der Waals surface area contributed by atoms with E-state index in [1.54, 1.807) is 0 Å². The van der Waals surface area contributed by atoms with Gasteiger partial charge in [0.05, 0.1) is 31.8 Å². The van der Waals surface area contributed by atoms with Gasteiger partial charge in [0.25, 0.3) is 0 Å². The van der Waals surface area contributed by atoms with Crippen LogP contribution in [0.2, 0.25) is 0 Å². The number of likely N-dealkylation sites (tertiary alicyclic amines) is 1. The topological polar surface area (TPSA) is 105 Å². The van der Waals surface area contributed by atoms with Gasteiger partial charge in [-0.25, -0.2) is 4.39 Å². The molecule has 0 aromatic rings. The molecule has 3 aliphatic carbocycles. The van der Waals surface area contributed by atoms with E-state index in [2.05, 4.69) is 10.6 Å². The molecule has 1 heterocycles. The van der Waals surface area contributed by atoms with Gasteiger partial charge in [0.2, 0.25) is 11.8 Å². The summed E-state index contributed by atoms with van der Waals surface area (Å²) < 4.78 is 13.6. The zero-order valence-corrected chi connectivity index (χ0v) is 16.5. The van der Waals surface area contributed by atoms with Crippen molar-refractivity contribution in [2.24, 2.45) is 5.41 Å². The summed E-state index contributed by atoms with van der Waals surface area (Å²) in [5.74, 6) is -0.185. The lowest BCUT2D eigenvalue weighted by Gasteiger charge is -2.53. The van der Waals surface area contributed by atoms with Crippen LogP contribution in [0.3, 0.4) is 0 Å². The van der Waals surface area contributed by atoms with Crippen molar-refractivity contribution < 1.29 is 19.1 Å². The summed E-state index contributed by atoms with van der Waals surface area (Å²) in [5, 5.41) is 24.8. The molecule has 4 rings (SSSR count). The number of nitrogens with one attached hydrogen (secondary N) is 2. The maximum absolute atomic E-state index is 13.6. The molecule has 1 saturated heterocycles. The SMILES string of the molecule is CCC(CO)NC(=O)C12CCC(NCC(=O)N3C[C@@H](F)C[C@H]3C#N)(CC1)CC2. The minimum Gasteiger partial charge on any atom is -0.394 e. The fourth-order valence-corrected chi connectivity index (χ4v) is 4.95. The van der Waals surface area contributed by atoms with Crippen LogP contribution in [0, 0.1) is 16.7 Å². The molecule has 0 spiro atoms. The highest BCUT2D eigenvalue weighted by Crippen LogP contribution is 2.52.